The van der Waals surface area contributed by atoms with Crippen LogP contribution in [0.25, 0.3) is 0 Å². The van der Waals surface area contributed by atoms with Crippen LogP contribution in [0, 0.1) is 6.92 Å². The lowest BCUT2D eigenvalue weighted by Gasteiger charge is -2.00. The standard InChI is InChI=1S/C8H9BrO3S/c1-4-5(9)6(11-2)7(13-4)8(10)12-3/h1-3H3. The molecule has 0 unspecified atom stereocenters. The van der Waals surface area contributed by atoms with Gasteiger partial charge in [-0.3, -0.25) is 0 Å². The summed E-state index contributed by atoms with van der Waals surface area (Å²) in [6.45, 7) is 1.91. The average Bonchev–Trinajstić information content (AvgIpc) is 2.42. The monoisotopic (exact) mass is 264 g/mol. The van der Waals surface area contributed by atoms with Crippen molar-refractivity contribution in [3.8, 4) is 5.75 Å². The average molecular weight is 265 g/mol. The van der Waals surface area contributed by atoms with Gasteiger partial charge in [-0.25, -0.2) is 4.79 Å². The lowest BCUT2D eigenvalue weighted by Crippen LogP contribution is -2.00. The smallest absolute Gasteiger partial charge is 0.351 e. The first-order valence-corrected chi connectivity index (χ1v) is 5.14. The van der Waals surface area contributed by atoms with Crippen LogP contribution in [-0.2, 0) is 4.74 Å². The molecule has 0 N–H and O–H groups in total. The van der Waals surface area contributed by atoms with Gasteiger partial charge < -0.3 is 9.47 Å². The minimum Gasteiger partial charge on any atom is -0.494 e. The Morgan fingerprint density at radius 3 is 2.54 bits per heavy atom. The molecule has 0 saturated carbocycles. The van der Waals surface area contributed by atoms with Gasteiger partial charge in [-0.05, 0) is 22.9 Å². The Hall–Kier alpha value is -0.550. The van der Waals surface area contributed by atoms with Crippen molar-refractivity contribution in [1.29, 1.82) is 0 Å². The molecule has 5 heteroatoms. The van der Waals surface area contributed by atoms with Crippen molar-refractivity contribution in [3.05, 3.63) is 14.2 Å². The number of thiophene rings is 1. The van der Waals surface area contributed by atoms with Gasteiger partial charge in [0, 0.05) is 4.88 Å². The zero-order chi connectivity index (χ0) is 10.0. The maximum absolute atomic E-state index is 11.2. The van der Waals surface area contributed by atoms with Crippen LogP contribution in [0.1, 0.15) is 14.5 Å². The topological polar surface area (TPSA) is 35.5 Å². The largest absolute Gasteiger partial charge is 0.494 e. The fraction of sp³-hybridized carbons (Fsp3) is 0.375. The van der Waals surface area contributed by atoms with Crippen molar-refractivity contribution >= 4 is 33.2 Å². The molecule has 0 amide bonds. The van der Waals surface area contributed by atoms with Crippen molar-refractivity contribution in [2.24, 2.45) is 0 Å². The van der Waals surface area contributed by atoms with Crippen LogP contribution in [0.2, 0.25) is 0 Å². The van der Waals surface area contributed by atoms with Crippen molar-refractivity contribution in [2.45, 2.75) is 6.92 Å². The number of methoxy groups -OCH3 is 2. The van der Waals surface area contributed by atoms with Crippen molar-refractivity contribution in [1.82, 2.24) is 0 Å². The number of aryl methyl sites for hydroxylation is 1. The van der Waals surface area contributed by atoms with Gasteiger partial charge in [0.25, 0.3) is 0 Å². The van der Waals surface area contributed by atoms with Crippen LogP contribution in [0.5, 0.6) is 5.75 Å². The Morgan fingerprint density at radius 2 is 2.08 bits per heavy atom. The minimum atomic E-state index is -0.365. The van der Waals surface area contributed by atoms with Gasteiger partial charge in [0.1, 0.15) is 0 Å². The van der Waals surface area contributed by atoms with E-state index in [2.05, 4.69) is 20.7 Å². The molecule has 3 nitrogen and oxygen atoms in total. The highest BCUT2D eigenvalue weighted by Crippen LogP contribution is 2.39. The summed E-state index contributed by atoms with van der Waals surface area (Å²) in [5.74, 6) is 0.185. The highest BCUT2D eigenvalue weighted by atomic mass is 79.9. The molecule has 0 atom stereocenters. The molecule has 0 aliphatic rings. The first-order chi connectivity index (χ1) is 6.11. The number of rotatable bonds is 2. The van der Waals surface area contributed by atoms with E-state index >= 15 is 0 Å². The van der Waals surface area contributed by atoms with E-state index in [0.717, 1.165) is 9.35 Å². The molecule has 0 aliphatic heterocycles. The van der Waals surface area contributed by atoms with E-state index in [4.69, 9.17) is 4.74 Å². The number of hydrogen-bond acceptors (Lipinski definition) is 4. The van der Waals surface area contributed by atoms with Gasteiger partial charge in [-0.2, -0.15) is 0 Å². The van der Waals surface area contributed by atoms with E-state index in [1.165, 1.54) is 25.6 Å². The van der Waals surface area contributed by atoms with Gasteiger partial charge in [0.05, 0.1) is 18.7 Å². The summed E-state index contributed by atoms with van der Waals surface area (Å²) in [5, 5.41) is 0. The third-order valence-corrected chi connectivity index (χ3v) is 3.83. The summed E-state index contributed by atoms with van der Waals surface area (Å²) in [6.07, 6.45) is 0. The quantitative estimate of drug-likeness (QED) is 0.771. The normalized spacial score (nSPS) is 9.85. The lowest BCUT2D eigenvalue weighted by molar-refractivity contribution is 0.0603. The van der Waals surface area contributed by atoms with Crippen molar-refractivity contribution < 1.29 is 14.3 Å². The van der Waals surface area contributed by atoms with Crippen LogP contribution in [0.3, 0.4) is 0 Å². The van der Waals surface area contributed by atoms with Crippen molar-refractivity contribution in [2.75, 3.05) is 14.2 Å². The Labute approximate surface area is 88.8 Å². The molecule has 1 aromatic heterocycles. The second kappa shape index (κ2) is 4.11. The predicted molar refractivity (Wildman–Crippen MR) is 54.6 cm³/mol. The van der Waals surface area contributed by atoms with E-state index in [0.29, 0.717) is 10.6 Å². The predicted octanol–water partition coefficient (Wildman–Crippen LogP) is 2.61. The van der Waals surface area contributed by atoms with Gasteiger partial charge in [-0.15, -0.1) is 11.3 Å². The highest BCUT2D eigenvalue weighted by molar-refractivity contribution is 9.10. The molecule has 1 heterocycles. The molecule has 1 aromatic rings. The highest BCUT2D eigenvalue weighted by Gasteiger charge is 2.20. The Kier molecular flexibility index (Phi) is 3.33. The SMILES string of the molecule is COC(=O)c1sc(C)c(Br)c1OC. The zero-order valence-electron chi connectivity index (χ0n) is 7.51. The first kappa shape index (κ1) is 10.5. The summed E-state index contributed by atoms with van der Waals surface area (Å²) >= 11 is 4.69. The van der Waals surface area contributed by atoms with Gasteiger partial charge in [-0.1, -0.05) is 0 Å². The fourth-order valence-electron chi connectivity index (χ4n) is 0.913. The Bertz CT molecular complexity index is 332. The van der Waals surface area contributed by atoms with Crippen LogP contribution >= 0.6 is 27.3 Å². The first-order valence-electron chi connectivity index (χ1n) is 3.53. The van der Waals surface area contributed by atoms with Crippen LogP contribution in [0.15, 0.2) is 4.47 Å². The number of carbonyl (C=O) groups excluding carboxylic acids is 1. The number of halogens is 1. The summed E-state index contributed by atoms with van der Waals surface area (Å²) in [6, 6.07) is 0. The molecule has 0 bridgehead atoms. The Morgan fingerprint density at radius 1 is 1.46 bits per heavy atom. The third kappa shape index (κ3) is 1.86. The number of hydrogen-bond donors (Lipinski definition) is 0. The summed E-state index contributed by atoms with van der Waals surface area (Å²) in [7, 11) is 2.88. The molecule has 72 valence electrons. The zero-order valence-corrected chi connectivity index (χ0v) is 9.91. The molecular weight excluding hydrogens is 256 g/mol. The molecule has 13 heavy (non-hydrogen) atoms. The van der Waals surface area contributed by atoms with Gasteiger partial charge >= 0.3 is 5.97 Å². The van der Waals surface area contributed by atoms with E-state index in [1.54, 1.807) is 0 Å². The van der Waals surface area contributed by atoms with Crippen LogP contribution in [0.4, 0.5) is 0 Å². The van der Waals surface area contributed by atoms with E-state index < -0.39 is 0 Å². The number of ether oxygens (including phenoxy) is 2. The van der Waals surface area contributed by atoms with Crippen molar-refractivity contribution in [3.63, 3.8) is 0 Å². The second-order valence-electron chi connectivity index (χ2n) is 2.33. The molecule has 0 aromatic carbocycles. The second-order valence-corrected chi connectivity index (χ2v) is 4.34. The van der Waals surface area contributed by atoms with Gasteiger partial charge in [0.15, 0.2) is 10.6 Å². The van der Waals surface area contributed by atoms with E-state index in [1.807, 2.05) is 6.92 Å². The summed E-state index contributed by atoms with van der Waals surface area (Å²) in [5.41, 5.74) is 0. The van der Waals surface area contributed by atoms with E-state index in [-0.39, 0.29) is 5.97 Å². The lowest BCUT2D eigenvalue weighted by atomic mass is 10.4. The molecule has 0 radical (unpaired) electrons. The maximum atomic E-state index is 11.2. The third-order valence-electron chi connectivity index (χ3n) is 1.54. The molecule has 0 aliphatic carbocycles. The summed E-state index contributed by atoms with van der Waals surface area (Å²) < 4.78 is 10.5. The molecular formula is C8H9BrO3S. The maximum Gasteiger partial charge on any atom is 0.351 e. The summed E-state index contributed by atoms with van der Waals surface area (Å²) in [4.78, 5) is 12.7. The molecule has 0 saturated heterocycles. The molecule has 0 fully saturated rings. The van der Waals surface area contributed by atoms with Crippen LogP contribution in [-0.4, -0.2) is 20.2 Å². The molecule has 1 rings (SSSR count). The fourth-order valence-corrected chi connectivity index (χ4v) is 2.58. The number of carbonyl (C=O) groups is 1. The number of esters is 1. The minimum absolute atomic E-state index is 0.365. The van der Waals surface area contributed by atoms with Crippen LogP contribution < -0.4 is 4.74 Å². The van der Waals surface area contributed by atoms with E-state index in [9.17, 15) is 4.79 Å². The Balaban J connectivity index is 3.21. The molecule has 0 spiro atoms. The van der Waals surface area contributed by atoms with Gasteiger partial charge in [0.2, 0.25) is 0 Å².